The van der Waals surface area contributed by atoms with Gasteiger partial charge in [-0.2, -0.15) is 0 Å². The molecular weight excluding hydrogens is 653 g/mol. The molecule has 2 nitrogen and oxygen atoms in total. The van der Waals surface area contributed by atoms with Crippen LogP contribution in [0.3, 0.4) is 0 Å². The molecule has 2 heteroatoms. The van der Waals surface area contributed by atoms with Gasteiger partial charge in [-0.3, -0.25) is 0 Å². The largest absolute Gasteiger partial charge is 0.311 e. The first kappa shape index (κ1) is 32.7. The van der Waals surface area contributed by atoms with Crippen molar-refractivity contribution in [3.8, 4) is 11.1 Å². The van der Waals surface area contributed by atoms with Crippen molar-refractivity contribution >= 4 is 67.8 Å². The molecule has 54 heavy (non-hydrogen) atoms. The molecule has 0 heterocycles. The number of anilines is 6. The minimum Gasteiger partial charge on any atom is -0.311 e. The van der Waals surface area contributed by atoms with Gasteiger partial charge in [0.1, 0.15) is 0 Å². The van der Waals surface area contributed by atoms with Gasteiger partial charge in [0.25, 0.3) is 0 Å². The number of rotatable bonds is 9. The van der Waals surface area contributed by atoms with E-state index in [-0.39, 0.29) is 0 Å². The summed E-state index contributed by atoms with van der Waals surface area (Å²) in [5.41, 5.74) is 11.5. The summed E-state index contributed by atoms with van der Waals surface area (Å²) in [7, 11) is 0. The minimum atomic E-state index is 1.12. The van der Waals surface area contributed by atoms with Gasteiger partial charge in [-0.1, -0.05) is 164 Å². The third-order valence-corrected chi connectivity index (χ3v) is 10.0. The molecule has 0 radical (unpaired) electrons. The molecule has 0 aliphatic rings. The van der Waals surface area contributed by atoms with Crippen LogP contribution in [0.5, 0.6) is 0 Å². The van der Waals surface area contributed by atoms with Gasteiger partial charge in [-0.05, 0) is 105 Å². The molecule has 256 valence electrons. The maximum Gasteiger partial charge on any atom is 0.0540 e. The fraction of sp³-hybridized carbons (Fsp3) is 0. The number of nitrogens with zero attached hydrogens (tertiary/aromatic N) is 2. The molecule has 0 spiro atoms. The van der Waals surface area contributed by atoms with Crippen LogP contribution in [-0.2, 0) is 0 Å². The van der Waals surface area contributed by atoms with Crippen molar-refractivity contribution in [2.75, 3.05) is 9.80 Å². The van der Waals surface area contributed by atoms with Crippen LogP contribution in [0.4, 0.5) is 34.1 Å². The molecule has 0 bridgehead atoms. The maximum atomic E-state index is 2.37. The summed E-state index contributed by atoms with van der Waals surface area (Å²) < 4.78 is 0. The van der Waals surface area contributed by atoms with Crippen molar-refractivity contribution in [1.29, 1.82) is 0 Å². The monoisotopic (exact) mass is 690 g/mol. The third-order valence-electron chi connectivity index (χ3n) is 10.0. The highest BCUT2D eigenvalue weighted by molar-refractivity contribution is 6.00. The second-order valence-electron chi connectivity index (χ2n) is 13.5. The van der Waals surface area contributed by atoms with Crippen LogP contribution in [0.25, 0.3) is 44.8 Å². The fourth-order valence-electron chi connectivity index (χ4n) is 7.26. The van der Waals surface area contributed by atoms with Gasteiger partial charge < -0.3 is 9.80 Å². The third kappa shape index (κ3) is 6.77. The summed E-state index contributed by atoms with van der Waals surface area (Å²) in [4.78, 5) is 4.66. The normalized spacial score (nSPS) is 11.3. The van der Waals surface area contributed by atoms with Crippen LogP contribution >= 0.6 is 0 Å². The van der Waals surface area contributed by atoms with E-state index in [1.807, 2.05) is 0 Å². The molecule has 9 aromatic rings. The smallest absolute Gasteiger partial charge is 0.0540 e. The molecule has 0 amide bonds. The van der Waals surface area contributed by atoms with E-state index in [1.165, 1.54) is 32.7 Å². The lowest BCUT2D eigenvalue weighted by atomic mass is 10.0. The number of benzene rings is 9. The second kappa shape index (κ2) is 14.8. The fourth-order valence-corrected chi connectivity index (χ4v) is 7.26. The van der Waals surface area contributed by atoms with E-state index in [1.54, 1.807) is 0 Å². The van der Waals surface area contributed by atoms with Crippen LogP contribution in [-0.4, -0.2) is 0 Å². The Balaban J connectivity index is 0.957. The Morgan fingerprint density at radius 3 is 1.37 bits per heavy atom. The van der Waals surface area contributed by atoms with Crippen LogP contribution in [0.15, 0.2) is 218 Å². The molecular formula is C52H38N2. The van der Waals surface area contributed by atoms with Crippen molar-refractivity contribution in [1.82, 2.24) is 0 Å². The van der Waals surface area contributed by atoms with Crippen LogP contribution in [0, 0.1) is 0 Å². The number of para-hydroxylation sites is 2. The summed E-state index contributed by atoms with van der Waals surface area (Å²) in [6.45, 7) is 0. The minimum absolute atomic E-state index is 1.12. The Morgan fingerprint density at radius 1 is 0.278 bits per heavy atom. The van der Waals surface area contributed by atoms with Crippen molar-refractivity contribution in [2.24, 2.45) is 0 Å². The Bertz CT molecular complexity index is 2640. The summed E-state index contributed by atoms with van der Waals surface area (Å²) in [6, 6.07) is 77.9. The summed E-state index contributed by atoms with van der Waals surface area (Å²) in [5, 5.41) is 4.90. The SMILES string of the molecule is C(=C\c1ccc(N(c2ccccc2)c2ccccc2)cc1)/c1ccc(-c2ccc(N(c3ccc4ccccc4c3)c3cccc4ccccc34)cc2)cc1. The lowest BCUT2D eigenvalue weighted by Gasteiger charge is -2.27. The van der Waals surface area contributed by atoms with Gasteiger partial charge in [0.15, 0.2) is 0 Å². The van der Waals surface area contributed by atoms with Gasteiger partial charge in [-0.15, -0.1) is 0 Å². The molecule has 0 aliphatic carbocycles. The first-order valence-electron chi connectivity index (χ1n) is 18.4. The zero-order valence-electron chi connectivity index (χ0n) is 29.8. The lowest BCUT2D eigenvalue weighted by Crippen LogP contribution is -2.10. The number of fused-ring (bicyclic) bond motifs is 2. The average Bonchev–Trinajstić information content (AvgIpc) is 3.25. The molecule has 0 aliphatic heterocycles. The first-order valence-corrected chi connectivity index (χ1v) is 18.4. The first-order chi connectivity index (χ1) is 26.8. The molecule has 0 unspecified atom stereocenters. The van der Waals surface area contributed by atoms with E-state index < -0.39 is 0 Å². The highest BCUT2D eigenvalue weighted by Crippen LogP contribution is 2.40. The molecule has 9 rings (SSSR count). The predicted octanol–water partition coefficient (Wildman–Crippen LogP) is 14.8. The second-order valence-corrected chi connectivity index (χ2v) is 13.5. The van der Waals surface area contributed by atoms with Crippen molar-refractivity contribution in [3.05, 3.63) is 230 Å². The molecule has 0 saturated carbocycles. The van der Waals surface area contributed by atoms with E-state index in [2.05, 4.69) is 240 Å². The topological polar surface area (TPSA) is 6.48 Å². The van der Waals surface area contributed by atoms with Gasteiger partial charge in [0.05, 0.1) is 5.69 Å². The number of hydrogen-bond donors (Lipinski definition) is 0. The van der Waals surface area contributed by atoms with E-state index in [9.17, 15) is 0 Å². The average molecular weight is 691 g/mol. The summed E-state index contributed by atoms with van der Waals surface area (Å²) >= 11 is 0. The van der Waals surface area contributed by atoms with E-state index in [4.69, 9.17) is 0 Å². The zero-order valence-corrected chi connectivity index (χ0v) is 29.8. The van der Waals surface area contributed by atoms with Crippen molar-refractivity contribution in [2.45, 2.75) is 0 Å². The molecule has 0 saturated heterocycles. The van der Waals surface area contributed by atoms with E-state index >= 15 is 0 Å². The molecule has 0 atom stereocenters. The van der Waals surface area contributed by atoms with Gasteiger partial charge >= 0.3 is 0 Å². The predicted molar refractivity (Wildman–Crippen MR) is 232 cm³/mol. The van der Waals surface area contributed by atoms with Crippen LogP contribution in [0.2, 0.25) is 0 Å². The highest BCUT2D eigenvalue weighted by Gasteiger charge is 2.16. The Morgan fingerprint density at radius 2 is 0.722 bits per heavy atom. The molecule has 0 fully saturated rings. The Labute approximate surface area is 317 Å². The zero-order chi connectivity index (χ0) is 36.1. The lowest BCUT2D eigenvalue weighted by molar-refractivity contribution is 1.28. The van der Waals surface area contributed by atoms with Crippen LogP contribution in [0.1, 0.15) is 11.1 Å². The molecule has 0 aromatic heterocycles. The van der Waals surface area contributed by atoms with Gasteiger partial charge in [0.2, 0.25) is 0 Å². The van der Waals surface area contributed by atoms with Crippen LogP contribution < -0.4 is 9.80 Å². The highest BCUT2D eigenvalue weighted by atomic mass is 15.1. The Hall–Kier alpha value is -7.16. The van der Waals surface area contributed by atoms with Crippen molar-refractivity contribution < 1.29 is 0 Å². The standard InChI is InChI=1S/C52H38N2/c1-3-16-46(17-4-1)53(47-18-5-2-6-19-47)48-33-26-40(27-34-48)23-22-39-24-28-42(29-25-39)43-30-35-49(36-31-43)54(50-37-32-41-12-7-8-14-45(41)38-50)52-21-11-15-44-13-9-10-20-51(44)52/h1-38H/b23-22+. The Kier molecular flexibility index (Phi) is 8.99. The van der Waals surface area contributed by atoms with E-state index in [0.717, 1.165) is 45.3 Å². The van der Waals surface area contributed by atoms with Gasteiger partial charge in [-0.25, -0.2) is 0 Å². The quantitative estimate of drug-likeness (QED) is 0.139. The number of hydrogen-bond acceptors (Lipinski definition) is 2. The molecule has 0 N–H and O–H groups in total. The van der Waals surface area contributed by atoms with Gasteiger partial charge in [0, 0.05) is 33.8 Å². The maximum absolute atomic E-state index is 2.37. The summed E-state index contributed by atoms with van der Waals surface area (Å²) in [5.74, 6) is 0. The summed E-state index contributed by atoms with van der Waals surface area (Å²) in [6.07, 6.45) is 4.36. The van der Waals surface area contributed by atoms with Crippen molar-refractivity contribution in [3.63, 3.8) is 0 Å². The molecule has 9 aromatic carbocycles. The van der Waals surface area contributed by atoms with E-state index in [0.29, 0.717) is 0 Å².